The van der Waals surface area contributed by atoms with Gasteiger partial charge in [0.25, 0.3) is 0 Å². The number of sulfonamides is 1. The Balaban J connectivity index is 1.36. The summed E-state index contributed by atoms with van der Waals surface area (Å²) in [6.45, 7) is 5.77. The van der Waals surface area contributed by atoms with Gasteiger partial charge >= 0.3 is 5.76 Å². The molecule has 176 valence electrons. The lowest BCUT2D eigenvalue weighted by Crippen LogP contribution is -2.40. The van der Waals surface area contributed by atoms with Crippen LogP contribution in [0.1, 0.15) is 52.0 Å². The van der Waals surface area contributed by atoms with Crippen molar-refractivity contribution < 1.29 is 22.4 Å². The predicted octanol–water partition coefficient (Wildman–Crippen LogP) is 2.26. The van der Waals surface area contributed by atoms with Gasteiger partial charge in [-0.1, -0.05) is 0 Å². The zero-order chi connectivity index (χ0) is 22.9. The first-order chi connectivity index (χ1) is 15.3. The Labute approximate surface area is 187 Å². The number of oxazole rings is 1. The highest BCUT2D eigenvalue weighted by atomic mass is 32.2. The molecule has 3 heterocycles. The molecule has 1 N–H and O–H groups in total. The fourth-order valence-corrected chi connectivity index (χ4v) is 6.02. The maximum Gasteiger partial charge on any atom is 0.420 e. The van der Waals surface area contributed by atoms with Crippen molar-refractivity contribution in [3.8, 4) is 0 Å². The largest absolute Gasteiger partial charge is 0.420 e. The molecule has 9 nitrogen and oxygen atoms in total. The number of ether oxygens (including phenoxy) is 1. The van der Waals surface area contributed by atoms with Crippen LogP contribution in [0.5, 0.6) is 0 Å². The molecular weight excluding hydrogens is 434 g/mol. The van der Waals surface area contributed by atoms with Crippen LogP contribution in [-0.2, 0) is 19.6 Å². The van der Waals surface area contributed by atoms with Crippen LogP contribution in [0.2, 0.25) is 0 Å². The van der Waals surface area contributed by atoms with Crippen molar-refractivity contribution in [2.45, 2.75) is 63.0 Å². The van der Waals surface area contributed by atoms with Crippen molar-refractivity contribution in [2.75, 3.05) is 26.2 Å². The molecule has 32 heavy (non-hydrogen) atoms. The van der Waals surface area contributed by atoms with Gasteiger partial charge in [-0.15, -0.1) is 0 Å². The van der Waals surface area contributed by atoms with Gasteiger partial charge < -0.3 is 14.5 Å². The Kier molecular flexibility index (Phi) is 6.73. The van der Waals surface area contributed by atoms with Crippen LogP contribution in [0.25, 0.3) is 11.1 Å². The molecule has 1 aromatic heterocycles. The van der Waals surface area contributed by atoms with E-state index in [4.69, 9.17) is 9.15 Å². The number of hydrogen-bond acceptors (Lipinski definition) is 6. The van der Waals surface area contributed by atoms with Gasteiger partial charge in [-0.2, -0.15) is 4.31 Å². The zero-order valence-corrected chi connectivity index (χ0v) is 19.4. The highest BCUT2D eigenvalue weighted by Gasteiger charge is 2.31. The average molecular weight is 466 g/mol. The minimum atomic E-state index is -3.71. The van der Waals surface area contributed by atoms with E-state index in [1.54, 1.807) is 6.07 Å². The van der Waals surface area contributed by atoms with Crippen LogP contribution < -0.4 is 11.1 Å². The van der Waals surface area contributed by atoms with Crippen molar-refractivity contribution in [1.82, 2.24) is 14.2 Å². The van der Waals surface area contributed by atoms with E-state index in [0.717, 1.165) is 19.4 Å². The summed E-state index contributed by atoms with van der Waals surface area (Å²) in [7, 11) is -3.71. The summed E-state index contributed by atoms with van der Waals surface area (Å²) in [4.78, 5) is 24.4. The molecule has 0 spiro atoms. The first kappa shape index (κ1) is 23.0. The fraction of sp³-hybridized carbons (Fsp3) is 0.636. The predicted molar refractivity (Wildman–Crippen MR) is 119 cm³/mol. The third-order valence-electron chi connectivity index (χ3n) is 6.34. The highest BCUT2D eigenvalue weighted by molar-refractivity contribution is 7.89. The smallest absolute Gasteiger partial charge is 0.408 e. The van der Waals surface area contributed by atoms with Gasteiger partial charge in [0.05, 0.1) is 16.5 Å². The molecule has 2 aliphatic rings. The second kappa shape index (κ2) is 9.36. The Morgan fingerprint density at radius 2 is 1.97 bits per heavy atom. The first-order valence-electron chi connectivity index (χ1n) is 11.3. The lowest BCUT2D eigenvalue weighted by atomic mass is 9.94. The molecule has 1 atom stereocenters. The quantitative estimate of drug-likeness (QED) is 0.672. The molecule has 1 aromatic carbocycles. The molecule has 0 radical (unpaired) electrons. The number of rotatable bonds is 7. The maximum absolute atomic E-state index is 13.1. The molecule has 10 heteroatoms. The summed E-state index contributed by atoms with van der Waals surface area (Å²) in [6, 6.07) is 4.48. The number of nitrogens with zero attached hydrogens (tertiary/aromatic N) is 2. The summed E-state index contributed by atoms with van der Waals surface area (Å²) in [6.07, 6.45) is 3.80. The van der Waals surface area contributed by atoms with E-state index in [-0.39, 0.29) is 34.4 Å². The Morgan fingerprint density at radius 3 is 2.62 bits per heavy atom. The van der Waals surface area contributed by atoms with Crippen molar-refractivity contribution in [1.29, 1.82) is 0 Å². The van der Waals surface area contributed by atoms with E-state index in [1.807, 2.05) is 13.8 Å². The van der Waals surface area contributed by atoms with Crippen molar-refractivity contribution >= 4 is 27.0 Å². The van der Waals surface area contributed by atoms with E-state index in [0.29, 0.717) is 44.4 Å². The Morgan fingerprint density at radius 1 is 1.22 bits per heavy atom. The molecule has 4 rings (SSSR count). The van der Waals surface area contributed by atoms with E-state index in [9.17, 15) is 18.0 Å². The van der Waals surface area contributed by atoms with Crippen molar-refractivity contribution in [3.63, 3.8) is 0 Å². The van der Waals surface area contributed by atoms with Crippen LogP contribution in [0.3, 0.4) is 0 Å². The van der Waals surface area contributed by atoms with Gasteiger partial charge in [0, 0.05) is 44.8 Å². The molecule has 0 saturated carbocycles. The highest BCUT2D eigenvalue weighted by Crippen LogP contribution is 2.28. The number of aromatic nitrogens is 1. The topological polar surface area (TPSA) is 111 Å². The number of amides is 1. The van der Waals surface area contributed by atoms with Crippen molar-refractivity contribution in [3.05, 3.63) is 28.7 Å². The molecule has 2 fully saturated rings. The Bertz CT molecular complexity index is 1120. The molecule has 0 aliphatic carbocycles. The van der Waals surface area contributed by atoms with E-state index < -0.39 is 15.8 Å². The summed E-state index contributed by atoms with van der Waals surface area (Å²) < 4.78 is 40.0. The molecule has 0 unspecified atom stereocenters. The van der Waals surface area contributed by atoms with Crippen LogP contribution >= 0.6 is 0 Å². The van der Waals surface area contributed by atoms with Crippen LogP contribution in [0.4, 0.5) is 0 Å². The maximum atomic E-state index is 13.1. The second-order valence-electron chi connectivity index (χ2n) is 8.95. The molecular formula is C22H31N3O6S. The normalized spacial score (nSPS) is 20.9. The summed E-state index contributed by atoms with van der Waals surface area (Å²) in [5, 5.41) is 2.94. The average Bonchev–Trinajstić information content (AvgIpc) is 3.38. The molecule has 2 aliphatic heterocycles. The van der Waals surface area contributed by atoms with Crippen LogP contribution in [-0.4, -0.2) is 55.5 Å². The fourth-order valence-electron chi connectivity index (χ4n) is 4.54. The number of nitrogens with one attached hydrogen (secondary N) is 1. The van der Waals surface area contributed by atoms with Gasteiger partial charge in [0.2, 0.25) is 15.9 Å². The summed E-state index contributed by atoms with van der Waals surface area (Å²) >= 11 is 0. The SMILES string of the molecule is CC(C)n1c(=O)oc2cc(S(=O)(=O)N3CCC(CC(=O)NC[C@@H]4CCCO4)CC3)ccc21. The number of carbonyl (C=O) groups excluding carboxylic acids is 1. The number of benzene rings is 1. The minimum absolute atomic E-state index is 0.00282. The van der Waals surface area contributed by atoms with Gasteiger partial charge in [-0.3, -0.25) is 9.36 Å². The molecule has 1 amide bonds. The number of hydrogen-bond donors (Lipinski definition) is 1. The number of carbonyl (C=O) groups is 1. The van der Waals surface area contributed by atoms with Crippen LogP contribution in [0.15, 0.2) is 32.3 Å². The number of piperidine rings is 1. The first-order valence-corrected chi connectivity index (χ1v) is 12.7. The molecule has 0 bridgehead atoms. The zero-order valence-electron chi connectivity index (χ0n) is 18.6. The van der Waals surface area contributed by atoms with E-state index in [2.05, 4.69) is 5.32 Å². The Hall–Kier alpha value is -2.17. The van der Waals surface area contributed by atoms with Gasteiger partial charge in [0.1, 0.15) is 0 Å². The summed E-state index contributed by atoms with van der Waals surface area (Å²) in [5.41, 5.74) is 0.847. The molecule has 2 saturated heterocycles. The lowest BCUT2D eigenvalue weighted by molar-refractivity contribution is -0.122. The third-order valence-corrected chi connectivity index (χ3v) is 8.23. The summed E-state index contributed by atoms with van der Waals surface area (Å²) in [5.74, 6) is -0.341. The number of fused-ring (bicyclic) bond motifs is 1. The molecule has 2 aromatic rings. The second-order valence-corrected chi connectivity index (χ2v) is 10.9. The standard InChI is InChI=1S/C22H31N3O6S/c1-15(2)25-19-6-5-18(13-20(19)31-22(25)27)32(28,29)24-9-7-16(8-10-24)12-21(26)23-14-17-4-3-11-30-17/h5-6,13,15-17H,3-4,7-12,14H2,1-2H3,(H,23,26)/t17-/m0/s1. The van der Waals surface area contributed by atoms with Gasteiger partial charge in [-0.05, 0) is 57.6 Å². The van der Waals surface area contributed by atoms with Crippen molar-refractivity contribution in [2.24, 2.45) is 5.92 Å². The van der Waals surface area contributed by atoms with E-state index >= 15 is 0 Å². The van der Waals surface area contributed by atoms with E-state index in [1.165, 1.54) is 21.0 Å². The minimum Gasteiger partial charge on any atom is -0.408 e. The monoisotopic (exact) mass is 465 g/mol. The lowest BCUT2D eigenvalue weighted by Gasteiger charge is -2.31. The van der Waals surface area contributed by atoms with Gasteiger partial charge in [-0.25, -0.2) is 13.2 Å². The van der Waals surface area contributed by atoms with Crippen LogP contribution in [0, 0.1) is 5.92 Å². The third kappa shape index (κ3) is 4.77. The van der Waals surface area contributed by atoms with Gasteiger partial charge in [0.15, 0.2) is 5.58 Å².